The summed E-state index contributed by atoms with van der Waals surface area (Å²) in [6.07, 6.45) is 0.436. The number of hydrogen-bond donors (Lipinski definition) is 1. The van der Waals surface area contributed by atoms with Gasteiger partial charge in [-0.1, -0.05) is 11.3 Å². The minimum absolute atomic E-state index is 0.0701. The van der Waals surface area contributed by atoms with Crippen molar-refractivity contribution in [3.63, 3.8) is 0 Å². The second-order valence-corrected chi connectivity index (χ2v) is 3.55. The van der Waals surface area contributed by atoms with Gasteiger partial charge in [-0.25, -0.2) is 13.8 Å². The molecule has 6 heteroatoms. The molecule has 0 aliphatic heterocycles. The lowest BCUT2D eigenvalue weighted by Gasteiger charge is -1.89. The van der Waals surface area contributed by atoms with Gasteiger partial charge in [0.1, 0.15) is 11.3 Å². The zero-order valence-corrected chi connectivity index (χ0v) is 7.57. The van der Waals surface area contributed by atoms with E-state index in [0.29, 0.717) is 11.1 Å². The molecule has 0 saturated heterocycles. The molecule has 0 radical (unpaired) electrons. The zero-order chi connectivity index (χ0) is 10.1. The number of nitrogens with zero attached hydrogens (tertiary/aromatic N) is 1. The molecule has 0 atom stereocenters. The molecule has 0 saturated carbocycles. The van der Waals surface area contributed by atoms with Crippen LogP contribution in [-0.4, -0.2) is 11.4 Å². The van der Waals surface area contributed by atoms with Crippen molar-refractivity contribution < 1.29 is 13.6 Å². The number of carbonyl (C=O) groups is 1. The summed E-state index contributed by atoms with van der Waals surface area (Å²) in [6, 6.07) is 1.93. The van der Waals surface area contributed by atoms with Crippen LogP contribution in [0.3, 0.4) is 0 Å². The first-order chi connectivity index (χ1) is 6.70. The van der Waals surface area contributed by atoms with Crippen LogP contribution in [0.25, 0.3) is 10.2 Å². The zero-order valence-electron chi connectivity index (χ0n) is 6.75. The maximum Gasteiger partial charge on any atom is 0.213 e. The Kier molecular flexibility index (Phi) is 2.12. The molecule has 1 heterocycles. The number of benzene rings is 1. The van der Waals surface area contributed by atoms with Crippen LogP contribution in [0.15, 0.2) is 12.1 Å². The van der Waals surface area contributed by atoms with Gasteiger partial charge >= 0.3 is 0 Å². The van der Waals surface area contributed by atoms with Gasteiger partial charge < -0.3 is 5.32 Å². The Morgan fingerprint density at radius 1 is 1.43 bits per heavy atom. The van der Waals surface area contributed by atoms with E-state index in [2.05, 4.69) is 10.3 Å². The van der Waals surface area contributed by atoms with Crippen LogP contribution in [0, 0.1) is 11.6 Å². The van der Waals surface area contributed by atoms with Gasteiger partial charge in [0, 0.05) is 6.07 Å². The summed E-state index contributed by atoms with van der Waals surface area (Å²) in [7, 11) is 0. The van der Waals surface area contributed by atoms with Gasteiger partial charge in [0.15, 0.2) is 10.9 Å². The maximum atomic E-state index is 13.1. The molecule has 0 unspecified atom stereocenters. The summed E-state index contributed by atoms with van der Waals surface area (Å²) in [4.78, 5) is 13.9. The van der Waals surface area contributed by atoms with Gasteiger partial charge in [0.05, 0.1) is 4.70 Å². The third-order valence-corrected chi connectivity index (χ3v) is 2.53. The quantitative estimate of drug-likeness (QED) is 0.778. The predicted octanol–water partition coefficient (Wildman–Crippen LogP) is 2.14. The van der Waals surface area contributed by atoms with Crippen molar-refractivity contribution in [2.24, 2.45) is 0 Å². The number of amides is 1. The molecule has 1 N–H and O–H groups in total. The normalized spacial score (nSPS) is 10.4. The summed E-state index contributed by atoms with van der Waals surface area (Å²) < 4.78 is 26.2. The van der Waals surface area contributed by atoms with Gasteiger partial charge in [-0.3, -0.25) is 4.79 Å². The van der Waals surface area contributed by atoms with Crippen LogP contribution in [0.4, 0.5) is 13.9 Å². The fourth-order valence-electron chi connectivity index (χ4n) is 1.07. The van der Waals surface area contributed by atoms with E-state index >= 15 is 0 Å². The van der Waals surface area contributed by atoms with Crippen molar-refractivity contribution in [3.8, 4) is 0 Å². The molecule has 1 aromatic carbocycles. The van der Waals surface area contributed by atoms with Crippen molar-refractivity contribution >= 4 is 33.1 Å². The lowest BCUT2D eigenvalue weighted by atomic mass is 10.3. The van der Waals surface area contributed by atoms with Gasteiger partial charge in [0.2, 0.25) is 6.41 Å². The second-order valence-electron chi connectivity index (χ2n) is 2.52. The fraction of sp³-hybridized carbons (Fsp3) is 0. The number of thiazole rings is 1. The van der Waals surface area contributed by atoms with Crippen LogP contribution in [0.1, 0.15) is 0 Å². The van der Waals surface area contributed by atoms with Crippen molar-refractivity contribution in [1.82, 2.24) is 4.98 Å². The minimum Gasteiger partial charge on any atom is -0.305 e. The third kappa shape index (κ3) is 1.44. The van der Waals surface area contributed by atoms with Crippen LogP contribution in [0.2, 0.25) is 0 Å². The minimum atomic E-state index is -0.727. The van der Waals surface area contributed by atoms with Crippen LogP contribution >= 0.6 is 11.3 Å². The molecule has 72 valence electrons. The number of fused-ring (bicyclic) bond motifs is 1. The molecule has 0 spiro atoms. The Morgan fingerprint density at radius 3 is 2.93 bits per heavy atom. The van der Waals surface area contributed by atoms with E-state index in [1.807, 2.05) is 0 Å². The number of rotatable bonds is 2. The number of anilines is 1. The first-order valence-electron chi connectivity index (χ1n) is 3.66. The highest BCUT2D eigenvalue weighted by atomic mass is 32.1. The molecule has 2 aromatic rings. The summed E-state index contributed by atoms with van der Waals surface area (Å²) in [5, 5.41) is 2.53. The standard InChI is InChI=1S/C8H4F2N2OS/c9-4-1-5(10)7-6(2-4)14-8(12-7)11-3-13/h1-3H,(H,11,12,13). The van der Waals surface area contributed by atoms with Gasteiger partial charge in [0.25, 0.3) is 0 Å². The van der Waals surface area contributed by atoms with E-state index in [9.17, 15) is 13.6 Å². The van der Waals surface area contributed by atoms with Crippen molar-refractivity contribution in [2.75, 3.05) is 5.32 Å². The van der Waals surface area contributed by atoms with Gasteiger partial charge in [-0.05, 0) is 6.07 Å². The number of aromatic nitrogens is 1. The largest absolute Gasteiger partial charge is 0.305 e. The highest BCUT2D eigenvalue weighted by Gasteiger charge is 2.09. The molecular formula is C8H4F2N2OS. The molecule has 0 aliphatic carbocycles. The van der Waals surface area contributed by atoms with Crippen molar-refractivity contribution in [2.45, 2.75) is 0 Å². The van der Waals surface area contributed by atoms with E-state index in [1.54, 1.807) is 0 Å². The van der Waals surface area contributed by atoms with Crippen molar-refractivity contribution in [1.29, 1.82) is 0 Å². The van der Waals surface area contributed by atoms with Gasteiger partial charge in [-0.2, -0.15) is 0 Å². The van der Waals surface area contributed by atoms with E-state index in [-0.39, 0.29) is 10.6 Å². The van der Waals surface area contributed by atoms with E-state index < -0.39 is 11.6 Å². The Labute approximate surface area is 81.4 Å². The van der Waals surface area contributed by atoms with Gasteiger partial charge in [-0.15, -0.1) is 0 Å². The SMILES string of the molecule is O=CNc1nc2c(F)cc(F)cc2s1. The number of halogens is 2. The summed E-state index contributed by atoms with van der Waals surface area (Å²) in [5.41, 5.74) is 0.0701. The highest BCUT2D eigenvalue weighted by Crippen LogP contribution is 2.28. The van der Waals surface area contributed by atoms with E-state index in [1.165, 1.54) is 6.07 Å². The lowest BCUT2D eigenvalue weighted by Crippen LogP contribution is -1.91. The van der Waals surface area contributed by atoms with Crippen LogP contribution in [0.5, 0.6) is 0 Å². The average molecular weight is 214 g/mol. The average Bonchev–Trinajstić information content (AvgIpc) is 2.48. The van der Waals surface area contributed by atoms with E-state index in [4.69, 9.17) is 0 Å². The third-order valence-electron chi connectivity index (χ3n) is 1.60. The monoisotopic (exact) mass is 214 g/mol. The summed E-state index contributed by atoms with van der Waals surface area (Å²) in [5.74, 6) is -1.38. The molecule has 0 fully saturated rings. The molecule has 0 aliphatic rings. The Hall–Kier alpha value is -1.56. The Balaban J connectivity index is 2.64. The second kappa shape index (κ2) is 3.30. The summed E-state index contributed by atoms with van der Waals surface area (Å²) >= 11 is 1.02. The van der Waals surface area contributed by atoms with Crippen LogP contribution < -0.4 is 5.32 Å². The molecule has 14 heavy (non-hydrogen) atoms. The molecule has 0 bridgehead atoms. The topological polar surface area (TPSA) is 42.0 Å². The number of carbonyl (C=O) groups excluding carboxylic acids is 1. The smallest absolute Gasteiger partial charge is 0.213 e. The van der Waals surface area contributed by atoms with Crippen LogP contribution in [-0.2, 0) is 4.79 Å². The lowest BCUT2D eigenvalue weighted by molar-refractivity contribution is -0.105. The molecule has 2 rings (SSSR count). The fourth-order valence-corrected chi connectivity index (χ4v) is 1.93. The Bertz CT molecular complexity index is 497. The first kappa shape index (κ1) is 9.01. The Morgan fingerprint density at radius 2 is 2.21 bits per heavy atom. The van der Waals surface area contributed by atoms with E-state index in [0.717, 1.165) is 17.4 Å². The maximum absolute atomic E-state index is 13.1. The summed E-state index contributed by atoms with van der Waals surface area (Å²) in [6.45, 7) is 0. The van der Waals surface area contributed by atoms with Crippen molar-refractivity contribution in [3.05, 3.63) is 23.8 Å². The molecule has 3 nitrogen and oxygen atoms in total. The number of hydrogen-bond acceptors (Lipinski definition) is 3. The molecule has 1 aromatic heterocycles. The molecule has 1 amide bonds. The number of nitrogens with one attached hydrogen (secondary N) is 1. The predicted molar refractivity (Wildman–Crippen MR) is 49.2 cm³/mol. The molecular weight excluding hydrogens is 210 g/mol. The first-order valence-corrected chi connectivity index (χ1v) is 4.48. The highest BCUT2D eigenvalue weighted by molar-refractivity contribution is 7.22.